The van der Waals surface area contributed by atoms with Crippen LogP contribution in [0.25, 0.3) is 0 Å². The molecule has 0 aliphatic carbocycles. The molecule has 0 aliphatic rings. The molecule has 2 aromatic rings. The molecule has 0 spiro atoms. The van der Waals surface area contributed by atoms with Gasteiger partial charge in [0.1, 0.15) is 0 Å². The summed E-state index contributed by atoms with van der Waals surface area (Å²) in [5, 5.41) is 0. The summed E-state index contributed by atoms with van der Waals surface area (Å²) in [7, 11) is 0. The van der Waals surface area contributed by atoms with Gasteiger partial charge in [-0.25, -0.2) is 13.2 Å². The monoisotopic (exact) mass is 280 g/mol. The zero-order valence-electron chi connectivity index (χ0n) is 10.6. The molecule has 2 rings (SSSR count). The van der Waals surface area contributed by atoms with Crippen molar-refractivity contribution >= 4 is 5.78 Å². The number of ether oxygens (including phenoxy) is 1. The number of ketones is 1. The minimum absolute atomic E-state index is 0.0345. The second kappa shape index (κ2) is 5.77. The Hall–Kier alpha value is -2.30. The van der Waals surface area contributed by atoms with Crippen LogP contribution in [0, 0.1) is 17.5 Å². The van der Waals surface area contributed by atoms with Gasteiger partial charge in [-0.2, -0.15) is 0 Å². The van der Waals surface area contributed by atoms with Crippen LogP contribution in [-0.2, 0) is 0 Å². The Morgan fingerprint density at radius 2 is 1.70 bits per heavy atom. The van der Waals surface area contributed by atoms with Gasteiger partial charge in [0, 0.05) is 5.56 Å². The molecule has 0 saturated carbocycles. The average Bonchev–Trinajstić information content (AvgIpc) is 2.43. The molecule has 0 bridgehead atoms. The Morgan fingerprint density at radius 3 is 2.35 bits per heavy atom. The lowest BCUT2D eigenvalue weighted by Gasteiger charge is -2.14. The van der Waals surface area contributed by atoms with Crippen LogP contribution in [0.15, 0.2) is 42.5 Å². The van der Waals surface area contributed by atoms with Gasteiger partial charge >= 0.3 is 0 Å². The molecule has 0 aromatic heterocycles. The second-order valence-electron chi connectivity index (χ2n) is 4.18. The van der Waals surface area contributed by atoms with Gasteiger partial charge in [0.25, 0.3) is 0 Å². The first-order valence-corrected chi connectivity index (χ1v) is 5.89. The third kappa shape index (κ3) is 2.99. The highest BCUT2D eigenvalue weighted by molar-refractivity contribution is 5.99. The predicted octanol–water partition coefficient (Wildman–Crippen LogP) is 3.75. The summed E-state index contributed by atoms with van der Waals surface area (Å²) in [5.41, 5.74) is -0.0345. The largest absolute Gasteiger partial charge is 0.479 e. The molecule has 0 amide bonds. The van der Waals surface area contributed by atoms with Crippen LogP contribution in [0.4, 0.5) is 13.2 Å². The molecular formula is C15H11F3O2. The zero-order valence-corrected chi connectivity index (χ0v) is 10.6. The van der Waals surface area contributed by atoms with Crippen LogP contribution in [0.3, 0.4) is 0 Å². The first-order valence-electron chi connectivity index (χ1n) is 5.89. The number of rotatable bonds is 4. The van der Waals surface area contributed by atoms with Gasteiger partial charge in [-0.1, -0.05) is 12.1 Å². The van der Waals surface area contributed by atoms with Crippen molar-refractivity contribution in [3.8, 4) is 5.75 Å². The maximum absolute atomic E-state index is 13.4. The number of Topliss-reactive ketones (excluding diaryl/α,β-unsaturated/α-hetero) is 1. The number of hydrogen-bond donors (Lipinski definition) is 0. The molecule has 0 fully saturated rings. The van der Waals surface area contributed by atoms with E-state index in [4.69, 9.17) is 4.74 Å². The quantitative estimate of drug-likeness (QED) is 0.797. The first kappa shape index (κ1) is 14.1. The fourth-order valence-electron chi connectivity index (χ4n) is 1.67. The van der Waals surface area contributed by atoms with E-state index in [1.54, 1.807) is 6.07 Å². The fourth-order valence-corrected chi connectivity index (χ4v) is 1.67. The molecule has 2 aromatic carbocycles. The van der Waals surface area contributed by atoms with E-state index in [9.17, 15) is 18.0 Å². The lowest BCUT2D eigenvalue weighted by molar-refractivity contribution is 0.0811. The summed E-state index contributed by atoms with van der Waals surface area (Å²) in [6, 6.07) is 8.44. The Labute approximate surface area is 113 Å². The van der Waals surface area contributed by atoms with E-state index in [0.717, 1.165) is 18.2 Å². The lowest BCUT2D eigenvalue weighted by Crippen LogP contribution is -2.24. The van der Waals surface area contributed by atoms with Crippen LogP contribution in [0.1, 0.15) is 17.3 Å². The van der Waals surface area contributed by atoms with Crippen molar-refractivity contribution < 1.29 is 22.7 Å². The number of para-hydroxylation sites is 1. The van der Waals surface area contributed by atoms with Gasteiger partial charge in [-0.3, -0.25) is 4.79 Å². The average molecular weight is 280 g/mol. The van der Waals surface area contributed by atoms with Gasteiger partial charge in [0.15, 0.2) is 29.3 Å². The van der Waals surface area contributed by atoms with Gasteiger partial charge in [0.05, 0.1) is 0 Å². The molecule has 20 heavy (non-hydrogen) atoms. The van der Waals surface area contributed by atoms with Crippen LogP contribution in [0.2, 0.25) is 0 Å². The van der Waals surface area contributed by atoms with Gasteiger partial charge in [0.2, 0.25) is 5.78 Å². The van der Waals surface area contributed by atoms with Crippen molar-refractivity contribution in [3.63, 3.8) is 0 Å². The highest BCUT2D eigenvalue weighted by Crippen LogP contribution is 2.19. The molecule has 5 heteroatoms. The van der Waals surface area contributed by atoms with Crippen molar-refractivity contribution in [3.05, 3.63) is 65.5 Å². The summed E-state index contributed by atoms with van der Waals surface area (Å²) in [4.78, 5) is 12.0. The summed E-state index contributed by atoms with van der Waals surface area (Å²) < 4.78 is 44.4. The minimum Gasteiger partial charge on any atom is -0.479 e. The van der Waals surface area contributed by atoms with E-state index in [1.807, 2.05) is 0 Å². The molecule has 0 aliphatic heterocycles. The molecular weight excluding hydrogens is 269 g/mol. The fraction of sp³-hybridized carbons (Fsp3) is 0.133. The molecule has 1 atom stereocenters. The standard InChI is InChI=1S/C15H11F3O2/c1-9(20-14-5-3-2-4-12(14)17)15(19)10-6-7-11(16)13(18)8-10/h2-9H,1H3. The SMILES string of the molecule is CC(Oc1ccccc1F)C(=O)c1ccc(F)c(F)c1. The van der Waals surface area contributed by atoms with Gasteiger partial charge < -0.3 is 4.74 Å². The Kier molecular flexibility index (Phi) is 4.08. The summed E-state index contributed by atoms with van der Waals surface area (Å²) in [6.07, 6.45) is -1.02. The highest BCUT2D eigenvalue weighted by atomic mass is 19.2. The van der Waals surface area contributed by atoms with Gasteiger partial charge in [-0.15, -0.1) is 0 Å². The molecule has 0 saturated heterocycles. The van der Waals surface area contributed by atoms with Crippen LogP contribution >= 0.6 is 0 Å². The van der Waals surface area contributed by atoms with Crippen molar-refractivity contribution in [2.24, 2.45) is 0 Å². The number of halogens is 3. The van der Waals surface area contributed by atoms with E-state index in [-0.39, 0.29) is 11.3 Å². The van der Waals surface area contributed by atoms with Crippen LogP contribution in [0.5, 0.6) is 5.75 Å². The van der Waals surface area contributed by atoms with E-state index >= 15 is 0 Å². The Bertz CT molecular complexity index is 641. The number of carbonyl (C=O) groups excluding carboxylic acids is 1. The maximum atomic E-state index is 13.4. The van der Waals surface area contributed by atoms with Crippen molar-refractivity contribution in [1.29, 1.82) is 0 Å². The van der Waals surface area contributed by atoms with E-state index < -0.39 is 29.3 Å². The molecule has 2 nitrogen and oxygen atoms in total. The molecule has 104 valence electrons. The summed E-state index contributed by atoms with van der Waals surface area (Å²) >= 11 is 0. The van der Waals surface area contributed by atoms with E-state index in [0.29, 0.717) is 0 Å². The minimum atomic E-state index is -1.12. The van der Waals surface area contributed by atoms with Crippen molar-refractivity contribution in [2.75, 3.05) is 0 Å². The first-order chi connectivity index (χ1) is 9.49. The van der Waals surface area contributed by atoms with Gasteiger partial charge in [-0.05, 0) is 37.3 Å². The van der Waals surface area contributed by atoms with Crippen LogP contribution < -0.4 is 4.74 Å². The number of hydrogen-bond acceptors (Lipinski definition) is 2. The smallest absolute Gasteiger partial charge is 0.203 e. The third-order valence-corrected chi connectivity index (χ3v) is 2.71. The van der Waals surface area contributed by atoms with E-state index in [1.165, 1.54) is 25.1 Å². The molecule has 1 unspecified atom stereocenters. The molecule has 0 heterocycles. The summed E-state index contributed by atoms with van der Waals surface area (Å²) in [5.74, 6) is -3.39. The number of benzene rings is 2. The number of carbonyl (C=O) groups is 1. The van der Waals surface area contributed by atoms with E-state index in [2.05, 4.69) is 0 Å². The highest BCUT2D eigenvalue weighted by Gasteiger charge is 2.19. The second-order valence-corrected chi connectivity index (χ2v) is 4.18. The zero-order chi connectivity index (χ0) is 14.7. The Balaban J connectivity index is 2.16. The van der Waals surface area contributed by atoms with Crippen molar-refractivity contribution in [2.45, 2.75) is 13.0 Å². The lowest BCUT2D eigenvalue weighted by atomic mass is 10.1. The topological polar surface area (TPSA) is 26.3 Å². The maximum Gasteiger partial charge on any atom is 0.203 e. The van der Waals surface area contributed by atoms with Crippen molar-refractivity contribution in [1.82, 2.24) is 0 Å². The third-order valence-electron chi connectivity index (χ3n) is 2.71. The molecule has 0 N–H and O–H groups in total. The summed E-state index contributed by atoms with van der Waals surface area (Å²) in [6.45, 7) is 1.41. The predicted molar refractivity (Wildman–Crippen MR) is 67.2 cm³/mol. The molecule has 0 radical (unpaired) electrons. The Morgan fingerprint density at radius 1 is 1.00 bits per heavy atom. The van der Waals surface area contributed by atoms with Crippen LogP contribution in [-0.4, -0.2) is 11.9 Å². The normalized spacial score (nSPS) is 12.0.